The minimum absolute atomic E-state index is 0.611. The quantitative estimate of drug-likeness (QED) is 0.830. The zero-order chi connectivity index (χ0) is 13.1. The Balaban J connectivity index is 1.56. The van der Waals surface area contributed by atoms with E-state index in [1.807, 2.05) is 0 Å². The molecule has 2 aliphatic heterocycles. The molecule has 3 rings (SSSR count). The van der Waals surface area contributed by atoms with Gasteiger partial charge in [-0.05, 0) is 57.7 Å². The number of hydrogen-bond acceptors (Lipinski definition) is 3. The van der Waals surface area contributed by atoms with E-state index < -0.39 is 0 Å². The molecule has 0 aromatic rings. The van der Waals surface area contributed by atoms with E-state index in [1.54, 1.807) is 0 Å². The van der Waals surface area contributed by atoms with Gasteiger partial charge in [-0.3, -0.25) is 4.90 Å². The van der Waals surface area contributed by atoms with Gasteiger partial charge in [-0.15, -0.1) is 0 Å². The summed E-state index contributed by atoms with van der Waals surface area (Å²) in [5.74, 6) is 0. The van der Waals surface area contributed by atoms with Crippen LogP contribution in [0.1, 0.15) is 51.4 Å². The summed E-state index contributed by atoms with van der Waals surface area (Å²) in [6, 6.07) is 1.24. The second-order valence-electron chi connectivity index (χ2n) is 6.92. The lowest BCUT2D eigenvalue weighted by molar-refractivity contribution is -0.0313. The van der Waals surface area contributed by atoms with Crippen LogP contribution in [0, 0.1) is 5.41 Å². The van der Waals surface area contributed by atoms with E-state index in [2.05, 4.69) is 17.3 Å². The van der Waals surface area contributed by atoms with Crippen LogP contribution in [-0.4, -0.2) is 50.3 Å². The Morgan fingerprint density at radius 1 is 1.05 bits per heavy atom. The van der Waals surface area contributed by atoms with Gasteiger partial charge in [-0.1, -0.05) is 19.3 Å². The molecule has 19 heavy (non-hydrogen) atoms. The first-order chi connectivity index (χ1) is 9.33. The number of piperidine rings is 1. The number of hydrogen-bond donors (Lipinski definition) is 1. The largest absolute Gasteiger partial charge is 0.380 e. The standard InChI is InChI=1S/C16H30N2O/c1-17-14-5-12-19-13-15(14)18-10-8-16(9-11-18)6-3-2-4-7-16/h14-15,17H,2-13H2,1H3. The first-order valence-electron chi connectivity index (χ1n) is 8.32. The molecular formula is C16H30N2O. The van der Waals surface area contributed by atoms with E-state index in [0.29, 0.717) is 12.1 Å². The third kappa shape index (κ3) is 2.98. The highest BCUT2D eigenvalue weighted by Gasteiger charge is 2.39. The second-order valence-corrected chi connectivity index (χ2v) is 6.92. The molecular weight excluding hydrogens is 236 g/mol. The van der Waals surface area contributed by atoms with Gasteiger partial charge in [0.25, 0.3) is 0 Å². The predicted octanol–water partition coefficient (Wildman–Crippen LogP) is 2.41. The summed E-state index contributed by atoms with van der Waals surface area (Å²) in [4.78, 5) is 2.71. The average molecular weight is 266 g/mol. The van der Waals surface area contributed by atoms with Gasteiger partial charge < -0.3 is 10.1 Å². The van der Waals surface area contributed by atoms with Crippen LogP contribution in [-0.2, 0) is 4.74 Å². The summed E-state index contributed by atoms with van der Waals surface area (Å²) >= 11 is 0. The van der Waals surface area contributed by atoms with Gasteiger partial charge in [0.05, 0.1) is 6.61 Å². The fraction of sp³-hybridized carbons (Fsp3) is 1.00. The molecule has 3 aliphatic rings. The summed E-state index contributed by atoms with van der Waals surface area (Å²) < 4.78 is 5.72. The zero-order valence-electron chi connectivity index (χ0n) is 12.5. The molecule has 0 radical (unpaired) electrons. The van der Waals surface area contributed by atoms with Crippen LogP contribution in [0.5, 0.6) is 0 Å². The molecule has 0 aromatic heterocycles. The Hall–Kier alpha value is -0.120. The van der Waals surface area contributed by atoms with E-state index in [-0.39, 0.29) is 0 Å². The molecule has 0 amide bonds. The molecule has 0 bridgehead atoms. The number of ether oxygens (including phenoxy) is 1. The number of nitrogens with one attached hydrogen (secondary N) is 1. The van der Waals surface area contributed by atoms with Gasteiger partial charge in [0.1, 0.15) is 0 Å². The molecule has 1 saturated carbocycles. The Morgan fingerprint density at radius 2 is 1.79 bits per heavy atom. The third-order valence-electron chi connectivity index (χ3n) is 5.94. The lowest BCUT2D eigenvalue weighted by atomic mass is 9.68. The Kier molecular flexibility index (Phi) is 4.45. The van der Waals surface area contributed by atoms with Crippen molar-refractivity contribution in [2.45, 2.75) is 63.5 Å². The summed E-state index contributed by atoms with van der Waals surface area (Å²) in [6.07, 6.45) is 11.5. The lowest BCUT2D eigenvalue weighted by Crippen LogP contribution is -2.57. The monoisotopic (exact) mass is 266 g/mol. The topological polar surface area (TPSA) is 24.5 Å². The molecule has 1 spiro atoms. The van der Waals surface area contributed by atoms with E-state index in [1.165, 1.54) is 64.5 Å². The molecule has 3 nitrogen and oxygen atoms in total. The van der Waals surface area contributed by atoms with Crippen molar-refractivity contribution < 1.29 is 4.74 Å². The highest BCUT2D eigenvalue weighted by molar-refractivity contribution is 4.93. The lowest BCUT2D eigenvalue weighted by Gasteiger charge is -2.48. The SMILES string of the molecule is CNC1CCOCC1N1CCC2(CCCCC2)CC1. The minimum atomic E-state index is 0.611. The third-order valence-corrected chi connectivity index (χ3v) is 5.94. The number of likely N-dealkylation sites (N-methyl/N-ethyl adjacent to an activating group) is 1. The van der Waals surface area contributed by atoms with Crippen molar-refractivity contribution in [3.8, 4) is 0 Å². The van der Waals surface area contributed by atoms with Crippen LogP contribution in [0.2, 0.25) is 0 Å². The van der Waals surface area contributed by atoms with Crippen LogP contribution in [0.15, 0.2) is 0 Å². The van der Waals surface area contributed by atoms with E-state index in [0.717, 1.165) is 18.6 Å². The molecule has 1 aliphatic carbocycles. The summed E-state index contributed by atoms with van der Waals surface area (Å²) in [5, 5.41) is 3.50. The molecule has 3 heteroatoms. The van der Waals surface area contributed by atoms with Gasteiger partial charge in [0.15, 0.2) is 0 Å². The molecule has 3 fully saturated rings. The first kappa shape index (κ1) is 13.8. The number of nitrogens with zero attached hydrogens (tertiary/aromatic N) is 1. The molecule has 2 heterocycles. The van der Waals surface area contributed by atoms with Gasteiger partial charge >= 0.3 is 0 Å². The van der Waals surface area contributed by atoms with Crippen molar-refractivity contribution in [3.63, 3.8) is 0 Å². The summed E-state index contributed by atoms with van der Waals surface area (Å²) in [7, 11) is 2.11. The maximum Gasteiger partial charge on any atom is 0.0637 e. The van der Waals surface area contributed by atoms with Gasteiger partial charge in [0.2, 0.25) is 0 Å². The smallest absolute Gasteiger partial charge is 0.0637 e. The van der Waals surface area contributed by atoms with Crippen LogP contribution in [0.4, 0.5) is 0 Å². The van der Waals surface area contributed by atoms with Crippen molar-refractivity contribution in [1.82, 2.24) is 10.2 Å². The Bertz CT molecular complexity index is 278. The van der Waals surface area contributed by atoms with Crippen molar-refractivity contribution in [1.29, 1.82) is 0 Å². The minimum Gasteiger partial charge on any atom is -0.380 e. The fourth-order valence-electron chi connectivity index (χ4n) is 4.55. The first-order valence-corrected chi connectivity index (χ1v) is 8.32. The number of rotatable bonds is 2. The molecule has 2 saturated heterocycles. The Labute approximate surface area is 118 Å². The molecule has 0 aromatic carbocycles. The van der Waals surface area contributed by atoms with E-state index >= 15 is 0 Å². The van der Waals surface area contributed by atoms with Crippen molar-refractivity contribution in [3.05, 3.63) is 0 Å². The van der Waals surface area contributed by atoms with Gasteiger partial charge in [-0.25, -0.2) is 0 Å². The van der Waals surface area contributed by atoms with Crippen molar-refractivity contribution in [2.24, 2.45) is 5.41 Å². The van der Waals surface area contributed by atoms with Crippen molar-refractivity contribution >= 4 is 0 Å². The highest BCUT2D eigenvalue weighted by atomic mass is 16.5. The zero-order valence-corrected chi connectivity index (χ0v) is 12.5. The number of likely N-dealkylation sites (tertiary alicyclic amines) is 1. The average Bonchev–Trinajstić information content (AvgIpc) is 2.49. The van der Waals surface area contributed by atoms with Gasteiger partial charge in [-0.2, -0.15) is 0 Å². The van der Waals surface area contributed by atoms with Gasteiger partial charge in [0, 0.05) is 18.7 Å². The van der Waals surface area contributed by atoms with Crippen LogP contribution >= 0.6 is 0 Å². The van der Waals surface area contributed by atoms with Crippen LogP contribution in [0.25, 0.3) is 0 Å². The normalized spacial score (nSPS) is 36.5. The molecule has 2 atom stereocenters. The second kappa shape index (κ2) is 6.11. The van der Waals surface area contributed by atoms with Crippen LogP contribution < -0.4 is 5.32 Å². The van der Waals surface area contributed by atoms with Crippen molar-refractivity contribution in [2.75, 3.05) is 33.4 Å². The maximum absolute atomic E-state index is 5.72. The molecule has 110 valence electrons. The summed E-state index contributed by atoms with van der Waals surface area (Å²) in [5.41, 5.74) is 0.722. The summed E-state index contributed by atoms with van der Waals surface area (Å²) in [6.45, 7) is 4.46. The highest BCUT2D eigenvalue weighted by Crippen LogP contribution is 2.44. The molecule has 2 unspecified atom stereocenters. The fourth-order valence-corrected chi connectivity index (χ4v) is 4.55. The van der Waals surface area contributed by atoms with E-state index in [9.17, 15) is 0 Å². The maximum atomic E-state index is 5.72. The van der Waals surface area contributed by atoms with E-state index in [4.69, 9.17) is 4.74 Å². The molecule has 1 N–H and O–H groups in total. The predicted molar refractivity (Wildman–Crippen MR) is 78.4 cm³/mol. The Morgan fingerprint density at radius 3 is 2.47 bits per heavy atom. The van der Waals surface area contributed by atoms with Crippen LogP contribution in [0.3, 0.4) is 0 Å².